The molecule has 0 aliphatic heterocycles. The first-order chi connectivity index (χ1) is 27.7. The molecule has 10 heteroatoms. The van der Waals surface area contributed by atoms with Gasteiger partial charge in [-0.1, -0.05) is 139 Å². The predicted molar refractivity (Wildman–Crippen MR) is 258 cm³/mol. The molecular formula is C49H69BN2O5Si2. The van der Waals surface area contributed by atoms with Gasteiger partial charge < -0.3 is 28.5 Å². The molecule has 2 radical (unpaired) electrons. The minimum atomic E-state index is -1.70. The highest BCUT2D eigenvalue weighted by molar-refractivity contribution is 6.74. The summed E-state index contributed by atoms with van der Waals surface area (Å²) in [5, 5.41) is 3.59. The van der Waals surface area contributed by atoms with E-state index in [0.29, 0.717) is 39.6 Å². The van der Waals surface area contributed by atoms with E-state index in [1.807, 2.05) is 37.4 Å². The van der Waals surface area contributed by atoms with E-state index < -0.39 is 22.4 Å². The minimum absolute atomic E-state index is 0.220. The molecule has 1 amide bonds. The average molecular weight is 833 g/mol. The van der Waals surface area contributed by atoms with Crippen LogP contribution in [-0.2, 0) is 31.5 Å². The Balaban J connectivity index is 0.000000317. The quantitative estimate of drug-likeness (QED) is 0.0612. The molecule has 0 atom stereocenters. The fraction of sp³-hybridized carbons (Fsp3) is 0.408. The SMILES string of the molecule is CNc1ccc(/C=C/c2ccc(COCCO[Si](C)(C)C(C)(C)C)cc2)cc1.[B]C(=O)N(C)c1ccc(/C=C/c2ccc(COCCO[Si](C)(C)C(C)(C)C)cc2)cc1. The zero-order chi connectivity index (χ0) is 43.7. The Bertz CT molecular complexity index is 1900. The van der Waals surface area contributed by atoms with Gasteiger partial charge in [-0.15, -0.1) is 0 Å². The summed E-state index contributed by atoms with van der Waals surface area (Å²) in [5.74, 6) is -0.476. The molecule has 0 unspecified atom stereocenters. The molecule has 0 saturated heterocycles. The molecule has 0 aliphatic rings. The molecular weight excluding hydrogens is 764 g/mol. The number of nitrogens with zero attached hydrogens (tertiary/aromatic N) is 1. The van der Waals surface area contributed by atoms with Gasteiger partial charge in [0.2, 0.25) is 7.85 Å². The van der Waals surface area contributed by atoms with Gasteiger partial charge in [0.15, 0.2) is 22.4 Å². The first-order valence-corrected chi connectivity index (χ1v) is 26.4. The summed E-state index contributed by atoms with van der Waals surface area (Å²) < 4.78 is 23.9. The highest BCUT2D eigenvalue weighted by Crippen LogP contribution is 2.37. The van der Waals surface area contributed by atoms with Gasteiger partial charge in [-0.25, -0.2) is 0 Å². The highest BCUT2D eigenvalue weighted by Gasteiger charge is 2.37. The maximum absolute atomic E-state index is 11.2. The van der Waals surface area contributed by atoms with Gasteiger partial charge in [0, 0.05) is 25.5 Å². The maximum Gasteiger partial charge on any atom is 0.201 e. The zero-order valence-electron chi connectivity index (χ0n) is 37.9. The van der Waals surface area contributed by atoms with E-state index in [1.165, 1.54) is 21.6 Å². The lowest BCUT2D eigenvalue weighted by Crippen LogP contribution is -2.41. The van der Waals surface area contributed by atoms with Crippen LogP contribution in [-0.4, -0.2) is 70.8 Å². The van der Waals surface area contributed by atoms with Crippen LogP contribution in [0.3, 0.4) is 0 Å². The van der Waals surface area contributed by atoms with Crippen molar-refractivity contribution in [1.29, 1.82) is 0 Å². The molecule has 0 heterocycles. The van der Waals surface area contributed by atoms with Crippen molar-refractivity contribution in [3.63, 3.8) is 0 Å². The number of rotatable bonds is 18. The lowest BCUT2D eigenvalue weighted by Gasteiger charge is -2.36. The summed E-state index contributed by atoms with van der Waals surface area (Å²) >= 11 is 0. The lowest BCUT2D eigenvalue weighted by molar-refractivity contribution is 0.0846. The molecule has 316 valence electrons. The zero-order valence-corrected chi connectivity index (χ0v) is 39.9. The Labute approximate surface area is 359 Å². The van der Waals surface area contributed by atoms with Crippen LogP contribution in [0, 0.1) is 0 Å². The molecule has 0 saturated carbocycles. The van der Waals surface area contributed by atoms with Crippen molar-refractivity contribution < 1.29 is 23.1 Å². The van der Waals surface area contributed by atoms with Crippen molar-refractivity contribution in [2.75, 3.05) is 50.7 Å². The summed E-state index contributed by atoms with van der Waals surface area (Å²) in [5.41, 5.74) is 8.75. The Kier molecular flexibility index (Phi) is 19.3. The van der Waals surface area contributed by atoms with E-state index in [9.17, 15) is 4.79 Å². The molecule has 59 heavy (non-hydrogen) atoms. The smallest absolute Gasteiger partial charge is 0.201 e. The number of benzene rings is 4. The summed E-state index contributed by atoms with van der Waals surface area (Å²) in [6, 6.07) is 32.9. The molecule has 0 spiro atoms. The standard InChI is InChI=1S/C25H34BNO3Si.C24H35NO2Si/c1-25(2,3)31(5,6)30-18-17-29-19-22-11-9-20(10-12-22)7-8-21-13-15-23(16-14-21)27(4)24(26)28;1-24(2,3)28(5,6)27-18-17-26-19-22-11-9-20(10-12-22)7-8-21-13-15-23(25-4)16-14-21/h7-16H,17-19H2,1-6H3;7-16,25H,17-19H2,1-6H3/b2*8-7+. The van der Waals surface area contributed by atoms with E-state index in [0.717, 1.165) is 28.1 Å². The van der Waals surface area contributed by atoms with Crippen LogP contribution < -0.4 is 10.2 Å². The summed E-state index contributed by atoms with van der Waals surface area (Å²) in [6.07, 6.45) is 8.36. The number of hydrogen-bond donors (Lipinski definition) is 1. The third kappa shape index (κ3) is 17.2. The van der Waals surface area contributed by atoms with Crippen molar-refractivity contribution in [3.05, 3.63) is 130 Å². The van der Waals surface area contributed by atoms with Crippen LogP contribution in [0.4, 0.5) is 16.2 Å². The van der Waals surface area contributed by atoms with E-state index >= 15 is 0 Å². The highest BCUT2D eigenvalue weighted by atomic mass is 28.4. The van der Waals surface area contributed by atoms with Gasteiger partial charge in [-0.2, -0.15) is 0 Å². The van der Waals surface area contributed by atoms with Crippen molar-refractivity contribution >= 4 is 66.0 Å². The Morgan fingerprint density at radius 1 is 0.576 bits per heavy atom. The molecule has 1 N–H and O–H groups in total. The Hall–Kier alpha value is -4.03. The van der Waals surface area contributed by atoms with E-state index in [1.54, 1.807) is 7.05 Å². The lowest BCUT2D eigenvalue weighted by atomic mass is 10.1. The van der Waals surface area contributed by atoms with Crippen LogP contribution in [0.5, 0.6) is 0 Å². The molecule has 0 aromatic heterocycles. The van der Waals surface area contributed by atoms with Crippen molar-refractivity contribution in [2.45, 2.75) is 91.0 Å². The van der Waals surface area contributed by atoms with Gasteiger partial charge in [0.05, 0.1) is 39.6 Å². The summed E-state index contributed by atoms with van der Waals surface area (Å²) in [4.78, 5) is 12.6. The number of ether oxygens (including phenoxy) is 2. The largest absolute Gasteiger partial charge is 0.414 e. The van der Waals surface area contributed by atoms with Crippen LogP contribution in [0.25, 0.3) is 24.3 Å². The third-order valence-corrected chi connectivity index (χ3v) is 20.3. The van der Waals surface area contributed by atoms with Gasteiger partial charge in [0.1, 0.15) is 0 Å². The molecule has 7 nitrogen and oxygen atoms in total. The van der Waals surface area contributed by atoms with Gasteiger partial charge >= 0.3 is 0 Å². The second-order valence-electron chi connectivity index (χ2n) is 17.8. The summed E-state index contributed by atoms with van der Waals surface area (Å²) in [6.45, 7) is 26.3. The molecule has 4 aromatic carbocycles. The molecule has 4 aromatic rings. The fourth-order valence-corrected chi connectivity index (χ4v) is 7.11. The van der Waals surface area contributed by atoms with Crippen molar-refractivity contribution in [2.24, 2.45) is 0 Å². The monoisotopic (exact) mass is 832 g/mol. The van der Waals surface area contributed by atoms with Crippen LogP contribution in [0.15, 0.2) is 97.1 Å². The number of carbonyl (C=O) groups is 1. The molecule has 4 rings (SSSR count). The molecule has 0 aliphatic carbocycles. The van der Waals surface area contributed by atoms with Crippen LogP contribution in [0.2, 0.25) is 36.3 Å². The topological polar surface area (TPSA) is 69.3 Å². The fourth-order valence-electron chi connectivity index (χ4n) is 5.06. The number of carbonyl (C=O) groups excluding carboxylic acids is 1. The first kappa shape index (κ1) is 49.3. The second kappa shape index (κ2) is 23.1. The van der Waals surface area contributed by atoms with Gasteiger partial charge in [-0.3, -0.25) is 4.79 Å². The Morgan fingerprint density at radius 2 is 0.898 bits per heavy atom. The number of amides is 1. The second-order valence-corrected chi connectivity index (χ2v) is 27.5. The van der Waals surface area contributed by atoms with E-state index in [4.69, 9.17) is 26.2 Å². The van der Waals surface area contributed by atoms with Gasteiger partial charge in [0.25, 0.3) is 0 Å². The molecule has 0 fully saturated rings. The van der Waals surface area contributed by atoms with Crippen LogP contribution >= 0.6 is 0 Å². The number of anilines is 2. The normalized spacial score (nSPS) is 12.4. The van der Waals surface area contributed by atoms with E-state index in [-0.39, 0.29) is 10.1 Å². The van der Waals surface area contributed by atoms with Gasteiger partial charge in [-0.05, 0) is 93.9 Å². The van der Waals surface area contributed by atoms with Crippen molar-refractivity contribution in [3.8, 4) is 0 Å². The first-order valence-electron chi connectivity index (χ1n) is 20.6. The third-order valence-electron chi connectivity index (χ3n) is 11.2. The van der Waals surface area contributed by atoms with Crippen LogP contribution in [0.1, 0.15) is 74.9 Å². The number of nitrogens with one attached hydrogen (secondary N) is 1. The average Bonchev–Trinajstić information content (AvgIpc) is 3.19. The molecule has 0 bridgehead atoms. The maximum atomic E-state index is 11.2. The van der Waals surface area contributed by atoms with Crippen molar-refractivity contribution in [1.82, 2.24) is 0 Å². The minimum Gasteiger partial charge on any atom is -0.414 e. The summed E-state index contributed by atoms with van der Waals surface area (Å²) in [7, 11) is 5.49. The number of hydrogen-bond acceptors (Lipinski definition) is 6. The Morgan fingerprint density at radius 3 is 1.20 bits per heavy atom. The van der Waals surface area contributed by atoms with E-state index in [2.05, 4.69) is 164 Å². The predicted octanol–water partition coefficient (Wildman–Crippen LogP) is 12.6.